The van der Waals surface area contributed by atoms with Crippen molar-refractivity contribution >= 4 is 11.3 Å². The first-order valence-electron chi connectivity index (χ1n) is 6.96. The van der Waals surface area contributed by atoms with E-state index in [2.05, 4.69) is 67.2 Å². The highest BCUT2D eigenvalue weighted by molar-refractivity contribution is 7.07. The molecule has 102 valence electrons. The molecule has 0 radical (unpaired) electrons. The Balaban J connectivity index is 2.11. The van der Waals surface area contributed by atoms with Gasteiger partial charge in [0.15, 0.2) is 0 Å². The van der Waals surface area contributed by atoms with Crippen LogP contribution in [0.1, 0.15) is 36.5 Å². The van der Waals surface area contributed by atoms with Crippen LogP contribution in [0.3, 0.4) is 0 Å². The lowest BCUT2D eigenvalue weighted by Gasteiger charge is -2.19. The molecule has 1 aromatic carbocycles. The molecule has 0 saturated heterocycles. The molecule has 1 unspecified atom stereocenters. The fourth-order valence-electron chi connectivity index (χ4n) is 2.22. The van der Waals surface area contributed by atoms with Crippen LogP contribution < -0.4 is 5.32 Å². The van der Waals surface area contributed by atoms with Gasteiger partial charge in [-0.2, -0.15) is 11.3 Å². The summed E-state index contributed by atoms with van der Waals surface area (Å²) < 4.78 is 0. The number of thiophene rings is 1. The van der Waals surface area contributed by atoms with Gasteiger partial charge in [-0.25, -0.2) is 0 Å². The highest BCUT2D eigenvalue weighted by atomic mass is 32.1. The number of hydrogen-bond donors (Lipinski definition) is 1. The van der Waals surface area contributed by atoms with Crippen molar-refractivity contribution in [2.45, 2.75) is 39.2 Å². The monoisotopic (exact) mass is 273 g/mol. The lowest BCUT2D eigenvalue weighted by molar-refractivity contribution is 0.527. The van der Waals surface area contributed by atoms with Crippen LogP contribution in [0.5, 0.6) is 0 Å². The van der Waals surface area contributed by atoms with Crippen molar-refractivity contribution in [3.8, 4) is 0 Å². The Morgan fingerprint density at radius 3 is 2.42 bits per heavy atom. The van der Waals surface area contributed by atoms with E-state index in [0.717, 1.165) is 13.0 Å². The van der Waals surface area contributed by atoms with Gasteiger partial charge in [-0.05, 0) is 41.3 Å². The zero-order chi connectivity index (χ0) is 13.7. The minimum absolute atomic E-state index is 0.537. The first-order chi connectivity index (χ1) is 9.15. The van der Waals surface area contributed by atoms with Gasteiger partial charge >= 0.3 is 0 Å². The van der Waals surface area contributed by atoms with Gasteiger partial charge in [0.25, 0.3) is 0 Å². The van der Waals surface area contributed by atoms with E-state index < -0.39 is 0 Å². The first-order valence-corrected chi connectivity index (χ1v) is 7.90. The Kier molecular flexibility index (Phi) is 5.17. The summed E-state index contributed by atoms with van der Waals surface area (Å²) in [6, 6.07) is 11.7. The summed E-state index contributed by atoms with van der Waals surface area (Å²) in [5, 5.41) is 8.00. The maximum atomic E-state index is 3.57. The molecule has 19 heavy (non-hydrogen) atoms. The van der Waals surface area contributed by atoms with Gasteiger partial charge in [-0.1, -0.05) is 43.7 Å². The molecule has 1 atom stereocenters. The molecule has 0 fully saturated rings. The number of nitrogens with one attached hydrogen (secondary N) is 1. The van der Waals surface area contributed by atoms with Gasteiger partial charge in [0, 0.05) is 18.5 Å². The lowest BCUT2D eigenvalue weighted by Crippen LogP contribution is -2.28. The molecule has 2 rings (SSSR count). The first kappa shape index (κ1) is 14.3. The second-order valence-corrected chi connectivity index (χ2v) is 6.29. The Morgan fingerprint density at radius 2 is 1.84 bits per heavy atom. The topological polar surface area (TPSA) is 12.0 Å². The highest BCUT2D eigenvalue weighted by Crippen LogP contribution is 2.22. The van der Waals surface area contributed by atoms with Crippen molar-refractivity contribution in [2.75, 3.05) is 6.54 Å². The van der Waals surface area contributed by atoms with Crippen molar-refractivity contribution < 1.29 is 0 Å². The summed E-state index contributed by atoms with van der Waals surface area (Å²) >= 11 is 1.78. The third-order valence-corrected chi connectivity index (χ3v) is 4.12. The molecule has 0 saturated carbocycles. The molecule has 1 heterocycles. The fourth-order valence-corrected chi connectivity index (χ4v) is 2.90. The molecule has 2 aromatic rings. The molecule has 0 aliphatic rings. The average molecular weight is 273 g/mol. The quantitative estimate of drug-likeness (QED) is 0.823. The summed E-state index contributed by atoms with van der Waals surface area (Å²) in [6.07, 6.45) is 1.12. The van der Waals surface area contributed by atoms with Gasteiger partial charge in [-0.15, -0.1) is 0 Å². The minimum atomic E-state index is 0.537. The summed E-state index contributed by atoms with van der Waals surface area (Å²) in [6.45, 7) is 7.59. The Hall–Kier alpha value is -1.12. The molecule has 0 aliphatic carbocycles. The Labute approximate surface area is 120 Å². The van der Waals surface area contributed by atoms with Crippen molar-refractivity contribution in [3.05, 3.63) is 57.8 Å². The molecule has 0 bridgehead atoms. The van der Waals surface area contributed by atoms with Crippen LogP contribution in [0.15, 0.2) is 41.1 Å². The average Bonchev–Trinajstić information content (AvgIpc) is 2.88. The van der Waals surface area contributed by atoms with E-state index in [-0.39, 0.29) is 0 Å². The van der Waals surface area contributed by atoms with E-state index in [1.54, 1.807) is 11.3 Å². The van der Waals surface area contributed by atoms with Gasteiger partial charge in [-0.3, -0.25) is 0 Å². The SMILES string of the molecule is Cc1ccc(C(CNC(C)C)Cc2ccsc2)cc1. The highest BCUT2D eigenvalue weighted by Gasteiger charge is 2.13. The predicted octanol–water partition coefficient (Wildman–Crippen LogP) is 4.38. The van der Waals surface area contributed by atoms with Crippen LogP contribution in [-0.2, 0) is 6.42 Å². The minimum Gasteiger partial charge on any atom is -0.314 e. The van der Waals surface area contributed by atoms with Crippen LogP contribution in [0.2, 0.25) is 0 Å². The van der Waals surface area contributed by atoms with Crippen molar-refractivity contribution in [3.63, 3.8) is 0 Å². The van der Waals surface area contributed by atoms with E-state index in [9.17, 15) is 0 Å². The normalized spacial score (nSPS) is 12.8. The summed E-state index contributed by atoms with van der Waals surface area (Å²) in [5.41, 5.74) is 4.21. The van der Waals surface area contributed by atoms with Gasteiger partial charge in [0.1, 0.15) is 0 Å². The molecule has 0 aliphatic heterocycles. The van der Waals surface area contributed by atoms with Gasteiger partial charge in [0.05, 0.1) is 0 Å². The molecular weight excluding hydrogens is 250 g/mol. The largest absolute Gasteiger partial charge is 0.314 e. The number of benzene rings is 1. The second kappa shape index (κ2) is 6.88. The number of rotatable bonds is 6. The zero-order valence-corrected chi connectivity index (χ0v) is 12.8. The van der Waals surface area contributed by atoms with Crippen LogP contribution in [0, 0.1) is 6.92 Å². The Morgan fingerprint density at radius 1 is 1.11 bits per heavy atom. The van der Waals surface area contributed by atoms with Crippen molar-refractivity contribution in [2.24, 2.45) is 0 Å². The third-order valence-electron chi connectivity index (χ3n) is 3.38. The number of aryl methyl sites for hydroxylation is 1. The standard InChI is InChI=1S/C17H23NS/c1-13(2)18-11-17(10-15-8-9-19-12-15)16-6-4-14(3)5-7-16/h4-9,12-13,17-18H,10-11H2,1-3H3. The van der Waals surface area contributed by atoms with Gasteiger partial charge < -0.3 is 5.32 Å². The molecule has 1 nitrogen and oxygen atoms in total. The predicted molar refractivity (Wildman–Crippen MR) is 85.1 cm³/mol. The second-order valence-electron chi connectivity index (χ2n) is 5.51. The third kappa shape index (κ3) is 4.48. The van der Waals surface area contributed by atoms with Crippen LogP contribution >= 0.6 is 11.3 Å². The van der Waals surface area contributed by atoms with E-state index in [1.165, 1.54) is 16.7 Å². The molecule has 1 aromatic heterocycles. The summed E-state index contributed by atoms with van der Waals surface area (Å²) in [7, 11) is 0. The van der Waals surface area contributed by atoms with E-state index in [1.807, 2.05) is 0 Å². The molecule has 0 spiro atoms. The van der Waals surface area contributed by atoms with Crippen molar-refractivity contribution in [1.29, 1.82) is 0 Å². The zero-order valence-electron chi connectivity index (χ0n) is 12.0. The Bertz CT molecular complexity index is 470. The van der Waals surface area contributed by atoms with E-state index in [4.69, 9.17) is 0 Å². The van der Waals surface area contributed by atoms with Crippen LogP contribution in [0.4, 0.5) is 0 Å². The van der Waals surface area contributed by atoms with E-state index in [0.29, 0.717) is 12.0 Å². The molecule has 0 amide bonds. The summed E-state index contributed by atoms with van der Waals surface area (Å²) in [5.74, 6) is 0.553. The molecule has 1 N–H and O–H groups in total. The fraction of sp³-hybridized carbons (Fsp3) is 0.412. The van der Waals surface area contributed by atoms with Crippen LogP contribution in [-0.4, -0.2) is 12.6 Å². The molecule has 2 heteroatoms. The maximum Gasteiger partial charge on any atom is 0.00257 e. The van der Waals surface area contributed by atoms with Gasteiger partial charge in [0.2, 0.25) is 0 Å². The molecular formula is C17H23NS. The van der Waals surface area contributed by atoms with Crippen LogP contribution in [0.25, 0.3) is 0 Å². The van der Waals surface area contributed by atoms with E-state index >= 15 is 0 Å². The van der Waals surface area contributed by atoms with Crippen molar-refractivity contribution in [1.82, 2.24) is 5.32 Å². The summed E-state index contributed by atoms with van der Waals surface area (Å²) in [4.78, 5) is 0. The lowest BCUT2D eigenvalue weighted by atomic mass is 9.92. The maximum absolute atomic E-state index is 3.57. The number of hydrogen-bond acceptors (Lipinski definition) is 2. The smallest absolute Gasteiger partial charge is 0.00257 e.